The molecule has 0 aliphatic heterocycles. The van der Waals surface area contributed by atoms with E-state index in [1.807, 2.05) is 11.3 Å². The molecule has 0 radical (unpaired) electrons. The van der Waals surface area contributed by atoms with Gasteiger partial charge in [0, 0.05) is 14.2 Å². The molecule has 2 nitrogen and oxygen atoms in total. The number of anilines is 1. The Labute approximate surface area is 135 Å². The number of nitrogens with zero attached hydrogens (tertiary/aromatic N) is 1. The normalized spacial score (nSPS) is 12.8. The Morgan fingerprint density at radius 1 is 1.20 bits per heavy atom. The lowest BCUT2D eigenvalue weighted by molar-refractivity contribution is 0.879. The van der Waals surface area contributed by atoms with Gasteiger partial charge in [0.25, 0.3) is 0 Å². The Hall–Kier alpha value is -0.910. The molecule has 1 N–H and O–H groups in total. The lowest BCUT2D eigenvalue weighted by Gasteiger charge is -2.12. The number of halogens is 1. The van der Waals surface area contributed by atoms with Crippen molar-refractivity contribution in [3.63, 3.8) is 0 Å². The largest absolute Gasteiger partial charge is 0.355 e. The molecule has 0 bridgehead atoms. The first kappa shape index (κ1) is 14.0. The highest BCUT2D eigenvalue weighted by molar-refractivity contribution is 9.10. The molecule has 0 fully saturated rings. The van der Waals surface area contributed by atoms with Gasteiger partial charge in [0.2, 0.25) is 0 Å². The van der Waals surface area contributed by atoms with Crippen LogP contribution in [0.15, 0.2) is 28.7 Å². The lowest BCUT2D eigenvalue weighted by atomic mass is 10.1. The summed E-state index contributed by atoms with van der Waals surface area (Å²) in [6, 6.07) is 8.76. The van der Waals surface area contributed by atoms with E-state index in [0.29, 0.717) is 0 Å². The first-order valence-electron chi connectivity index (χ1n) is 6.42. The van der Waals surface area contributed by atoms with Crippen molar-refractivity contribution < 1.29 is 0 Å². The minimum absolute atomic E-state index is 0.281. The van der Waals surface area contributed by atoms with Crippen LogP contribution in [0.3, 0.4) is 0 Å². The molecule has 1 unspecified atom stereocenters. The first-order chi connectivity index (χ1) is 9.52. The fourth-order valence-electron chi connectivity index (χ4n) is 2.31. The van der Waals surface area contributed by atoms with Crippen molar-refractivity contribution in [1.29, 1.82) is 0 Å². The number of rotatable bonds is 3. The van der Waals surface area contributed by atoms with Crippen LogP contribution in [0.4, 0.5) is 5.13 Å². The van der Waals surface area contributed by atoms with Crippen molar-refractivity contribution in [2.24, 2.45) is 0 Å². The summed E-state index contributed by atoms with van der Waals surface area (Å²) in [5, 5.41) is 4.50. The summed E-state index contributed by atoms with van der Waals surface area (Å²) in [5.41, 5.74) is 2.41. The fraction of sp³-hybridized carbons (Fsp3) is 0.267. The number of hydrogen-bond donors (Lipinski definition) is 1. The zero-order valence-corrected chi connectivity index (χ0v) is 14.7. The molecular formula is C15H15BrN2S2. The van der Waals surface area contributed by atoms with Gasteiger partial charge in [0.1, 0.15) is 0 Å². The number of hydrogen-bond acceptors (Lipinski definition) is 4. The molecule has 104 valence electrons. The van der Waals surface area contributed by atoms with E-state index in [9.17, 15) is 0 Å². The molecule has 3 aromatic rings. The van der Waals surface area contributed by atoms with Crippen LogP contribution in [0.1, 0.15) is 28.3 Å². The average molecular weight is 367 g/mol. The molecule has 3 rings (SSSR count). The van der Waals surface area contributed by atoms with E-state index in [4.69, 9.17) is 0 Å². The Balaban J connectivity index is 1.87. The second kappa shape index (κ2) is 5.47. The van der Waals surface area contributed by atoms with Crippen molar-refractivity contribution in [3.8, 4) is 0 Å². The Bertz CT molecular complexity index is 760. The van der Waals surface area contributed by atoms with Gasteiger partial charge in [-0.1, -0.05) is 27.3 Å². The van der Waals surface area contributed by atoms with Crippen molar-refractivity contribution in [2.45, 2.75) is 26.8 Å². The molecule has 5 heteroatoms. The summed E-state index contributed by atoms with van der Waals surface area (Å²) >= 11 is 7.04. The Morgan fingerprint density at radius 3 is 2.70 bits per heavy atom. The zero-order chi connectivity index (χ0) is 14.3. The standard InChI is InChI=1S/C15H15BrN2S2/c1-8-6-12(10(3)19-8)9(2)17-15-18-13-7-11(16)4-5-14(13)20-15/h4-7,9H,1-3H3,(H,17,18). The monoisotopic (exact) mass is 366 g/mol. The summed E-state index contributed by atoms with van der Waals surface area (Å²) < 4.78 is 2.28. The number of nitrogens with one attached hydrogen (secondary N) is 1. The van der Waals surface area contributed by atoms with Crippen molar-refractivity contribution >= 4 is 54.0 Å². The minimum Gasteiger partial charge on any atom is -0.355 e. The number of benzene rings is 1. The summed E-state index contributed by atoms with van der Waals surface area (Å²) in [6.07, 6.45) is 0. The van der Waals surface area contributed by atoms with Gasteiger partial charge in [0.15, 0.2) is 5.13 Å². The Morgan fingerprint density at radius 2 is 2.00 bits per heavy atom. The SMILES string of the molecule is Cc1cc(C(C)Nc2nc3cc(Br)ccc3s2)c(C)s1. The van der Waals surface area contributed by atoms with Gasteiger partial charge in [-0.05, 0) is 50.6 Å². The smallest absolute Gasteiger partial charge is 0.184 e. The predicted molar refractivity (Wildman–Crippen MR) is 93.2 cm³/mol. The van der Waals surface area contributed by atoms with Crippen molar-refractivity contribution in [1.82, 2.24) is 4.98 Å². The molecule has 0 saturated heterocycles. The number of aryl methyl sites for hydroxylation is 2. The van der Waals surface area contributed by atoms with Crippen molar-refractivity contribution in [3.05, 3.63) is 44.1 Å². The number of thiazole rings is 1. The van der Waals surface area contributed by atoms with Crippen LogP contribution >= 0.6 is 38.6 Å². The highest BCUT2D eigenvalue weighted by atomic mass is 79.9. The molecule has 0 aliphatic carbocycles. The lowest BCUT2D eigenvalue weighted by Crippen LogP contribution is -2.06. The molecular weight excluding hydrogens is 352 g/mol. The van der Waals surface area contributed by atoms with Gasteiger partial charge >= 0.3 is 0 Å². The average Bonchev–Trinajstić information content (AvgIpc) is 2.91. The summed E-state index contributed by atoms with van der Waals surface area (Å²) in [5.74, 6) is 0. The van der Waals surface area contributed by atoms with Crippen molar-refractivity contribution in [2.75, 3.05) is 5.32 Å². The molecule has 0 spiro atoms. The van der Waals surface area contributed by atoms with E-state index >= 15 is 0 Å². The second-order valence-electron chi connectivity index (χ2n) is 4.87. The van der Waals surface area contributed by atoms with E-state index in [-0.39, 0.29) is 6.04 Å². The van der Waals surface area contributed by atoms with Crippen LogP contribution < -0.4 is 5.32 Å². The van der Waals surface area contributed by atoms with E-state index in [2.05, 4.69) is 71.3 Å². The number of aromatic nitrogens is 1. The zero-order valence-electron chi connectivity index (χ0n) is 11.5. The molecule has 1 atom stereocenters. The van der Waals surface area contributed by atoms with Gasteiger partial charge in [0.05, 0.1) is 16.3 Å². The molecule has 0 aliphatic rings. The highest BCUT2D eigenvalue weighted by Crippen LogP contribution is 2.32. The van der Waals surface area contributed by atoms with E-state index in [0.717, 1.165) is 15.1 Å². The molecule has 20 heavy (non-hydrogen) atoms. The maximum Gasteiger partial charge on any atom is 0.184 e. The van der Waals surface area contributed by atoms with E-state index < -0.39 is 0 Å². The highest BCUT2D eigenvalue weighted by Gasteiger charge is 2.13. The minimum atomic E-state index is 0.281. The molecule has 0 saturated carbocycles. The van der Waals surface area contributed by atoms with Crippen LogP contribution in [-0.4, -0.2) is 4.98 Å². The Kier molecular flexibility index (Phi) is 3.84. The number of thiophene rings is 1. The summed E-state index contributed by atoms with van der Waals surface area (Å²) in [6.45, 7) is 6.53. The van der Waals surface area contributed by atoms with E-state index in [1.54, 1.807) is 11.3 Å². The quantitative estimate of drug-likeness (QED) is 0.622. The number of fused-ring (bicyclic) bond motifs is 1. The van der Waals surface area contributed by atoms with Crippen LogP contribution in [0.5, 0.6) is 0 Å². The first-order valence-corrected chi connectivity index (χ1v) is 8.85. The van der Waals surface area contributed by atoms with Crippen LogP contribution in [-0.2, 0) is 0 Å². The molecule has 0 amide bonds. The maximum atomic E-state index is 4.66. The predicted octanol–water partition coefficient (Wildman–Crippen LogP) is 5.91. The molecule has 2 heterocycles. The van der Waals surface area contributed by atoms with Gasteiger partial charge in [-0.3, -0.25) is 0 Å². The fourth-order valence-corrected chi connectivity index (χ4v) is 4.61. The molecule has 1 aromatic carbocycles. The second-order valence-corrected chi connectivity index (χ2v) is 8.27. The summed E-state index contributed by atoms with van der Waals surface area (Å²) in [4.78, 5) is 7.40. The third-order valence-electron chi connectivity index (χ3n) is 3.24. The van der Waals surface area contributed by atoms with Gasteiger partial charge in [-0.25, -0.2) is 4.98 Å². The van der Waals surface area contributed by atoms with Gasteiger partial charge in [-0.15, -0.1) is 11.3 Å². The van der Waals surface area contributed by atoms with Gasteiger partial charge < -0.3 is 5.32 Å². The molecule has 2 aromatic heterocycles. The van der Waals surface area contributed by atoms with Crippen LogP contribution in [0, 0.1) is 13.8 Å². The van der Waals surface area contributed by atoms with Crippen LogP contribution in [0.2, 0.25) is 0 Å². The topological polar surface area (TPSA) is 24.9 Å². The maximum absolute atomic E-state index is 4.66. The van der Waals surface area contributed by atoms with E-state index in [1.165, 1.54) is 20.0 Å². The van der Waals surface area contributed by atoms with Crippen LogP contribution in [0.25, 0.3) is 10.2 Å². The third-order valence-corrected chi connectivity index (χ3v) is 5.68. The third kappa shape index (κ3) is 2.75. The summed E-state index contributed by atoms with van der Waals surface area (Å²) in [7, 11) is 0. The van der Waals surface area contributed by atoms with Gasteiger partial charge in [-0.2, -0.15) is 0 Å².